The van der Waals surface area contributed by atoms with Gasteiger partial charge in [-0.05, 0) is 37.9 Å². The van der Waals surface area contributed by atoms with Crippen LogP contribution in [-0.2, 0) is 11.2 Å². The van der Waals surface area contributed by atoms with Gasteiger partial charge in [-0.15, -0.1) is 0 Å². The van der Waals surface area contributed by atoms with Crippen molar-refractivity contribution < 1.29 is 4.74 Å². The van der Waals surface area contributed by atoms with Gasteiger partial charge in [-0.25, -0.2) is 0 Å². The number of halogens is 1. The summed E-state index contributed by atoms with van der Waals surface area (Å²) < 4.78 is 7.02. The first-order chi connectivity index (χ1) is 8.72. The number of ether oxygens (including phenoxy) is 1. The minimum atomic E-state index is 0.280. The predicted molar refractivity (Wildman–Crippen MR) is 81.0 cm³/mol. The van der Waals surface area contributed by atoms with E-state index in [0.29, 0.717) is 6.04 Å². The van der Waals surface area contributed by atoms with Gasteiger partial charge in [-0.3, -0.25) is 0 Å². The van der Waals surface area contributed by atoms with Crippen molar-refractivity contribution in [1.29, 1.82) is 0 Å². The average molecular weight is 314 g/mol. The van der Waals surface area contributed by atoms with Gasteiger partial charge in [0.2, 0.25) is 0 Å². The van der Waals surface area contributed by atoms with Gasteiger partial charge < -0.3 is 10.1 Å². The molecule has 0 fully saturated rings. The second kappa shape index (κ2) is 8.68. The first-order valence-corrected chi connectivity index (χ1v) is 7.60. The largest absolute Gasteiger partial charge is 0.377 e. The summed E-state index contributed by atoms with van der Waals surface area (Å²) in [6, 6.07) is 8.78. The van der Waals surface area contributed by atoms with Crippen LogP contribution in [0.1, 0.15) is 32.8 Å². The molecule has 0 aliphatic carbocycles. The van der Waals surface area contributed by atoms with E-state index in [1.165, 1.54) is 10.0 Å². The molecule has 0 saturated heterocycles. The summed E-state index contributed by atoms with van der Waals surface area (Å²) in [5.41, 5.74) is 1.33. The molecule has 0 bridgehead atoms. The van der Waals surface area contributed by atoms with Gasteiger partial charge >= 0.3 is 0 Å². The van der Waals surface area contributed by atoms with E-state index >= 15 is 0 Å². The zero-order valence-electron chi connectivity index (χ0n) is 11.6. The van der Waals surface area contributed by atoms with Crippen LogP contribution in [-0.4, -0.2) is 25.3 Å². The predicted octanol–water partition coefficient (Wildman–Crippen LogP) is 3.78. The molecule has 102 valence electrons. The molecule has 1 aromatic carbocycles. The van der Waals surface area contributed by atoms with E-state index in [9.17, 15) is 0 Å². The summed E-state index contributed by atoms with van der Waals surface area (Å²) >= 11 is 3.62. The lowest BCUT2D eigenvalue weighted by atomic mass is 9.99. The second-order valence-electron chi connectivity index (χ2n) is 4.36. The summed E-state index contributed by atoms with van der Waals surface area (Å²) in [5, 5.41) is 3.55. The van der Waals surface area contributed by atoms with Crippen LogP contribution >= 0.6 is 15.9 Å². The third kappa shape index (κ3) is 4.71. The van der Waals surface area contributed by atoms with Crippen LogP contribution in [0.5, 0.6) is 0 Å². The SMILES string of the molecule is CCNC(Cc1ccccc1Br)C(CC)OCC. The van der Waals surface area contributed by atoms with Crippen LogP contribution in [0.3, 0.4) is 0 Å². The molecule has 2 unspecified atom stereocenters. The monoisotopic (exact) mass is 313 g/mol. The number of likely N-dealkylation sites (N-methyl/N-ethyl adjacent to an activating group) is 1. The third-order valence-corrected chi connectivity index (χ3v) is 3.87. The molecule has 0 amide bonds. The van der Waals surface area contributed by atoms with Crippen molar-refractivity contribution in [3.8, 4) is 0 Å². The summed E-state index contributed by atoms with van der Waals surface area (Å²) in [7, 11) is 0. The number of hydrogen-bond acceptors (Lipinski definition) is 2. The van der Waals surface area contributed by atoms with E-state index in [4.69, 9.17) is 4.74 Å². The second-order valence-corrected chi connectivity index (χ2v) is 5.22. The normalized spacial score (nSPS) is 14.4. The molecular weight excluding hydrogens is 290 g/mol. The first-order valence-electron chi connectivity index (χ1n) is 6.81. The topological polar surface area (TPSA) is 21.3 Å². The Hall–Kier alpha value is -0.380. The van der Waals surface area contributed by atoms with Gasteiger partial charge in [0, 0.05) is 17.1 Å². The Labute approximate surface area is 119 Å². The van der Waals surface area contributed by atoms with Crippen molar-refractivity contribution in [3.63, 3.8) is 0 Å². The van der Waals surface area contributed by atoms with E-state index in [0.717, 1.165) is 26.0 Å². The highest BCUT2D eigenvalue weighted by Gasteiger charge is 2.20. The smallest absolute Gasteiger partial charge is 0.0728 e. The van der Waals surface area contributed by atoms with Gasteiger partial charge in [-0.2, -0.15) is 0 Å². The molecule has 0 heterocycles. The Balaban J connectivity index is 2.75. The maximum absolute atomic E-state index is 5.84. The molecule has 0 radical (unpaired) electrons. The van der Waals surface area contributed by atoms with E-state index in [2.05, 4.69) is 66.3 Å². The first kappa shape index (κ1) is 15.7. The van der Waals surface area contributed by atoms with Crippen molar-refractivity contribution in [2.75, 3.05) is 13.2 Å². The molecule has 2 nitrogen and oxygen atoms in total. The molecule has 0 aromatic heterocycles. The van der Waals surface area contributed by atoms with Crippen molar-refractivity contribution in [3.05, 3.63) is 34.3 Å². The Morgan fingerprint density at radius 2 is 1.94 bits per heavy atom. The highest BCUT2D eigenvalue weighted by Crippen LogP contribution is 2.19. The standard InChI is InChI=1S/C15H24BrNO/c1-4-15(18-6-3)14(17-5-2)11-12-9-7-8-10-13(12)16/h7-10,14-15,17H,4-6,11H2,1-3H3. The van der Waals surface area contributed by atoms with Gasteiger partial charge in [-0.1, -0.05) is 48.0 Å². The molecule has 0 aliphatic heterocycles. The number of benzene rings is 1. The lowest BCUT2D eigenvalue weighted by Crippen LogP contribution is -2.42. The molecule has 0 spiro atoms. The Kier molecular flexibility index (Phi) is 7.56. The zero-order chi connectivity index (χ0) is 13.4. The lowest BCUT2D eigenvalue weighted by molar-refractivity contribution is 0.0323. The minimum Gasteiger partial charge on any atom is -0.377 e. The van der Waals surface area contributed by atoms with E-state index in [1.54, 1.807) is 0 Å². The van der Waals surface area contributed by atoms with Crippen molar-refractivity contribution in [2.24, 2.45) is 0 Å². The summed E-state index contributed by atoms with van der Waals surface area (Å²) in [6.45, 7) is 8.13. The Morgan fingerprint density at radius 3 is 2.50 bits per heavy atom. The zero-order valence-corrected chi connectivity index (χ0v) is 13.2. The third-order valence-electron chi connectivity index (χ3n) is 3.10. The molecular formula is C15H24BrNO. The molecule has 3 heteroatoms. The van der Waals surface area contributed by atoms with Crippen LogP contribution in [0.2, 0.25) is 0 Å². The fourth-order valence-corrected chi connectivity index (χ4v) is 2.68. The van der Waals surface area contributed by atoms with Crippen molar-refractivity contribution >= 4 is 15.9 Å². The molecule has 1 N–H and O–H groups in total. The highest BCUT2D eigenvalue weighted by molar-refractivity contribution is 9.10. The quantitative estimate of drug-likeness (QED) is 0.788. The molecule has 1 rings (SSSR count). The fourth-order valence-electron chi connectivity index (χ4n) is 2.23. The number of rotatable bonds is 8. The summed E-state index contributed by atoms with van der Waals surface area (Å²) in [5.74, 6) is 0. The van der Waals surface area contributed by atoms with E-state index < -0.39 is 0 Å². The van der Waals surface area contributed by atoms with Crippen LogP contribution in [0.25, 0.3) is 0 Å². The Morgan fingerprint density at radius 1 is 1.22 bits per heavy atom. The Bertz CT molecular complexity index is 343. The average Bonchev–Trinajstić information content (AvgIpc) is 2.38. The van der Waals surface area contributed by atoms with Crippen LogP contribution < -0.4 is 5.32 Å². The molecule has 0 aliphatic rings. The van der Waals surface area contributed by atoms with Crippen LogP contribution in [0.15, 0.2) is 28.7 Å². The van der Waals surface area contributed by atoms with Crippen molar-refractivity contribution in [2.45, 2.75) is 45.8 Å². The molecule has 2 atom stereocenters. The van der Waals surface area contributed by atoms with Crippen LogP contribution in [0.4, 0.5) is 0 Å². The number of nitrogens with one attached hydrogen (secondary N) is 1. The van der Waals surface area contributed by atoms with Crippen molar-refractivity contribution in [1.82, 2.24) is 5.32 Å². The number of hydrogen-bond donors (Lipinski definition) is 1. The maximum Gasteiger partial charge on any atom is 0.0728 e. The van der Waals surface area contributed by atoms with Crippen LogP contribution in [0, 0.1) is 0 Å². The molecule has 18 heavy (non-hydrogen) atoms. The summed E-state index contributed by atoms with van der Waals surface area (Å²) in [4.78, 5) is 0. The van der Waals surface area contributed by atoms with Gasteiger partial charge in [0.1, 0.15) is 0 Å². The van der Waals surface area contributed by atoms with Gasteiger partial charge in [0.15, 0.2) is 0 Å². The highest BCUT2D eigenvalue weighted by atomic mass is 79.9. The van der Waals surface area contributed by atoms with E-state index in [1.807, 2.05) is 0 Å². The minimum absolute atomic E-state index is 0.280. The molecule has 0 saturated carbocycles. The maximum atomic E-state index is 5.84. The van der Waals surface area contributed by atoms with E-state index in [-0.39, 0.29) is 6.10 Å². The van der Waals surface area contributed by atoms with Gasteiger partial charge in [0.05, 0.1) is 6.10 Å². The fraction of sp³-hybridized carbons (Fsp3) is 0.600. The molecule has 1 aromatic rings. The van der Waals surface area contributed by atoms with Gasteiger partial charge in [0.25, 0.3) is 0 Å². The lowest BCUT2D eigenvalue weighted by Gasteiger charge is -2.27. The summed E-state index contributed by atoms with van der Waals surface area (Å²) in [6.07, 6.45) is 2.31.